The van der Waals surface area contributed by atoms with Gasteiger partial charge in [-0.2, -0.15) is 0 Å². The average Bonchev–Trinajstić information content (AvgIpc) is 3.67. The number of amides is 1. The molecule has 4 rings (SSSR count). The zero-order chi connectivity index (χ0) is 24.8. The molecular formula is C31H35N3O. The molecule has 0 aliphatic heterocycles. The number of nitrogens with zero attached hydrogens (tertiary/aromatic N) is 2. The molecule has 1 fully saturated rings. The van der Waals surface area contributed by atoms with Crippen molar-refractivity contribution in [1.29, 1.82) is 0 Å². The van der Waals surface area contributed by atoms with Gasteiger partial charge in [0.05, 0.1) is 0 Å². The number of rotatable bonds is 9. The van der Waals surface area contributed by atoms with E-state index in [0.29, 0.717) is 30.7 Å². The maximum absolute atomic E-state index is 13.5. The number of nitrogens with two attached hydrogens (primary N) is 1. The van der Waals surface area contributed by atoms with Crippen LogP contribution in [0.5, 0.6) is 0 Å². The highest BCUT2D eigenvalue weighted by Gasteiger charge is 2.41. The van der Waals surface area contributed by atoms with E-state index in [-0.39, 0.29) is 11.9 Å². The van der Waals surface area contributed by atoms with E-state index in [9.17, 15) is 4.79 Å². The lowest BCUT2D eigenvalue weighted by atomic mass is 9.98. The van der Waals surface area contributed by atoms with E-state index in [1.54, 1.807) is 0 Å². The van der Waals surface area contributed by atoms with Gasteiger partial charge in [-0.15, -0.1) is 5.92 Å². The Morgan fingerprint density at radius 1 is 1.09 bits per heavy atom. The number of pyridine rings is 1. The first-order chi connectivity index (χ1) is 17.0. The Hall–Kier alpha value is -3.42. The summed E-state index contributed by atoms with van der Waals surface area (Å²) >= 11 is 0. The molecule has 1 amide bonds. The Balaban J connectivity index is 1.50. The first kappa shape index (κ1) is 24.7. The van der Waals surface area contributed by atoms with Gasteiger partial charge in [0.1, 0.15) is 0 Å². The predicted molar refractivity (Wildman–Crippen MR) is 144 cm³/mol. The molecule has 4 heteroatoms. The zero-order valence-electron chi connectivity index (χ0n) is 20.9. The van der Waals surface area contributed by atoms with E-state index in [2.05, 4.69) is 61.0 Å². The van der Waals surface area contributed by atoms with E-state index < -0.39 is 0 Å². The van der Waals surface area contributed by atoms with Crippen molar-refractivity contribution < 1.29 is 4.79 Å². The van der Waals surface area contributed by atoms with Crippen LogP contribution in [0.3, 0.4) is 0 Å². The topological polar surface area (TPSA) is 59.2 Å². The molecular weight excluding hydrogens is 430 g/mol. The second-order valence-corrected chi connectivity index (χ2v) is 9.61. The van der Waals surface area contributed by atoms with E-state index in [1.807, 2.05) is 54.4 Å². The molecule has 4 unspecified atom stereocenters. The van der Waals surface area contributed by atoms with Gasteiger partial charge < -0.3 is 10.6 Å². The summed E-state index contributed by atoms with van der Waals surface area (Å²) < 4.78 is 0. The fraction of sp³-hybridized carbons (Fsp3) is 0.355. The van der Waals surface area contributed by atoms with Crippen LogP contribution in [0.25, 0.3) is 11.1 Å². The third-order valence-corrected chi connectivity index (χ3v) is 7.16. The van der Waals surface area contributed by atoms with Crippen LogP contribution in [-0.4, -0.2) is 23.5 Å². The number of anilines is 1. The smallest absolute Gasteiger partial charge is 0.227 e. The van der Waals surface area contributed by atoms with Gasteiger partial charge in [-0.25, -0.2) is 0 Å². The molecule has 4 atom stereocenters. The minimum atomic E-state index is -0.0679. The summed E-state index contributed by atoms with van der Waals surface area (Å²) in [6.45, 7) is 6.67. The molecule has 0 spiro atoms. The Labute approximate surface area is 209 Å². The molecule has 0 saturated heterocycles. The Morgan fingerprint density at radius 2 is 1.77 bits per heavy atom. The summed E-state index contributed by atoms with van der Waals surface area (Å²) in [5.74, 6) is 7.23. The predicted octanol–water partition coefficient (Wildman–Crippen LogP) is 6.02. The van der Waals surface area contributed by atoms with Gasteiger partial charge in [0, 0.05) is 48.1 Å². The van der Waals surface area contributed by atoms with E-state index in [1.165, 1.54) is 0 Å². The number of carbonyl (C=O) groups excluding carboxylic acids is 1. The van der Waals surface area contributed by atoms with Gasteiger partial charge in [-0.1, -0.05) is 56.5 Å². The Bertz CT molecular complexity index is 1180. The van der Waals surface area contributed by atoms with E-state index in [4.69, 9.17) is 5.73 Å². The molecule has 0 radical (unpaired) electrons. The summed E-state index contributed by atoms with van der Waals surface area (Å²) in [4.78, 5) is 19.9. The van der Waals surface area contributed by atoms with Crippen LogP contribution in [0.2, 0.25) is 0 Å². The highest BCUT2D eigenvalue weighted by atomic mass is 16.2. The van der Waals surface area contributed by atoms with E-state index in [0.717, 1.165) is 40.9 Å². The number of hydrogen-bond acceptors (Lipinski definition) is 3. The highest BCUT2D eigenvalue weighted by Crippen LogP contribution is 2.49. The van der Waals surface area contributed by atoms with Crippen molar-refractivity contribution in [2.24, 2.45) is 17.6 Å². The van der Waals surface area contributed by atoms with Crippen LogP contribution in [0.15, 0.2) is 72.9 Å². The van der Waals surface area contributed by atoms with Crippen molar-refractivity contribution in [3.8, 4) is 23.0 Å². The molecule has 1 saturated carbocycles. The van der Waals surface area contributed by atoms with Gasteiger partial charge in [0.2, 0.25) is 5.91 Å². The normalized spacial score (nSPS) is 18.2. The lowest BCUT2D eigenvalue weighted by Crippen LogP contribution is -2.44. The first-order valence-electron chi connectivity index (χ1n) is 12.6. The minimum absolute atomic E-state index is 0.0679. The van der Waals surface area contributed by atoms with Crippen molar-refractivity contribution in [2.75, 3.05) is 11.4 Å². The summed E-state index contributed by atoms with van der Waals surface area (Å²) in [7, 11) is 0. The fourth-order valence-corrected chi connectivity index (χ4v) is 4.53. The molecule has 0 bridgehead atoms. The fourth-order valence-electron chi connectivity index (χ4n) is 4.53. The van der Waals surface area contributed by atoms with Crippen molar-refractivity contribution in [3.63, 3.8) is 0 Å². The molecule has 1 heterocycles. The molecule has 35 heavy (non-hydrogen) atoms. The molecule has 3 aromatic rings. The zero-order valence-corrected chi connectivity index (χ0v) is 20.9. The summed E-state index contributed by atoms with van der Waals surface area (Å²) in [5, 5.41) is 0. The maximum atomic E-state index is 13.5. The summed E-state index contributed by atoms with van der Waals surface area (Å²) in [6, 6.07) is 22.4. The first-order valence-corrected chi connectivity index (χ1v) is 12.6. The van der Waals surface area contributed by atoms with Crippen molar-refractivity contribution in [3.05, 3.63) is 84.2 Å². The van der Waals surface area contributed by atoms with Gasteiger partial charge in [-0.3, -0.25) is 9.78 Å². The van der Waals surface area contributed by atoms with Gasteiger partial charge in [0.25, 0.3) is 0 Å². The summed E-state index contributed by atoms with van der Waals surface area (Å²) in [5.41, 5.74) is 11.8. The van der Waals surface area contributed by atoms with E-state index >= 15 is 0 Å². The molecule has 1 aliphatic carbocycles. The third kappa shape index (κ3) is 6.18. The van der Waals surface area contributed by atoms with Gasteiger partial charge in [0.15, 0.2) is 0 Å². The van der Waals surface area contributed by atoms with Crippen LogP contribution in [0.1, 0.15) is 57.2 Å². The Kier molecular flexibility index (Phi) is 8.00. The highest BCUT2D eigenvalue weighted by molar-refractivity contribution is 5.94. The second-order valence-electron chi connectivity index (χ2n) is 9.61. The average molecular weight is 466 g/mol. The lowest BCUT2D eigenvalue weighted by Gasteiger charge is -2.29. The monoisotopic (exact) mass is 465 g/mol. The molecule has 180 valence electrons. The lowest BCUT2D eigenvalue weighted by molar-refractivity contribution is -0.119. The van der Waals surface area contributed by atoms with Gasteiger partial charge in [-0.05, 0) is 72.7 Å². The maximum Gasteiger partial charge on any atom is 0.227 e. The van der Waals surface area contributed by atoms with Crippen molar-refractivity contribution >= 4 is 11.6 Å². The number of hydrogen-bond donors (Lipinski definition) is 1. The molecule has 4 nitrogen and oxygen atoms in total. The third-order valence-electron chi connectivity index (χ3n) is 7.16. The minimum Gasteiger partial charge on any atom is -0.326 e. The molecule has 2 N–H and O–H groups in total. The van der Waals surface area contributed by atoms with Crippen LogP contribution in [-0.2, 0) is 4.79 Å². The Morgan fingerprint density at radius 3 is 2.37 bits per heavy atom. The van der Waals surface area contributed by atoms with Gasteiger partial charge >= 0.3 is 0 Å². The largest absolute Gasteiger partial charge is 0.326 e. The van der Waals surface area contributed by atoms with Crippen LogP contribution in [0.4, 0.5) is 5.69 Å². The van der Waals surface area contributed by atoms with Crippen molar-refractivity contribution in [1.82, 2.24) is 4.98 Å². The second kappa shape index (κ2) is 11.3. The number of benzene rings is 2. The van der Waals surface area contributed by atoms with Crippen molar-refractivity contribution in [2.45, 2.75) is 52.0 Å². The molecule has 1 aliphatic rings. The number of aromatic nitrogens is 1. The summed E-state index contributed by atoms with van der Waals surface area (Å²) in [6.07, 6.45) is 4.36. The van der Waals surface area contributed by atoms with Crippen LogP contribution < -0.4 is 10.6 Å². The molecule has 2 aromatic carbocycles. The number of carbonyl (C=O) groups is 1. The SMILES string of the molecule is CC#Cc1ccc(-c2ccc(N(CC(N)C(C)CC)C(=O)CC3CC3c3ccccn3)cc2)cc1. The molecule has 1 aromatic heterocycles. The van der Waals surface area contributed by atoms with Crippen LogP contribution >= 0.6 is 0 Å². The standard InChI is InChI=1S/C31H35N3O/c1-4-8-23-10-12-24(13-11-23)25-14-16-27(17-15-25)34(21-29(32)22(3)5-2)31(35)20-26-19-28(26)30-9-6-7-18-33-30/h6-7,9-18,22,26,28-29H,5,19-21,32H2,1-3H3. The van der Waals surface area contributed by atoms with Crippen LogP contribution in [0, 0.1) is 23.7 Å². The quantitative estimate of drug-likeness (QED) is 0.393.